The van der Waals surface area contributed by atoms with Crippen LogP contribution in [-0.4, -0.2) is 11.3 Å². The summed E-state index contributed by atoms with van der Waals surface area (Å²) in [6.45, 7) is 6.94. The van der Waals surface area contributed by atoms with Gasteiger partial charge in [0.05, 0.1) is 27.8 Å². The molecule has 17 rings (SSSR count). The minimum atomic E-state index is -0.529. The van der Waals surface area contributed by atoms with Crippen molar-refractivity contribution in [3.8, 4) is 50.2 Å². The highest BCUT2D eigenvalue weighted by atomic mass is 15.2. The molecule has 0 atom stereocenters. The van der Waals surface area contributed by atoms with Gasteiger partial charge in [0.1, 0.15) is 0 Å². The molecule has 12 aromatic carbocycles. The quantitative estimate of drug-likeness (QED) is 0.159. The van der Waals surface area contributed by atoms with Gasteiger partial charge in [-0.05, 0) is 138 Å². The van der Waals surface area contributed by atoms with E-state index in [0.29, 0.717) is 0 Å². The molecule has 1 spiro atoms. The van der Waals surface area contributed by atoms with Crippen LogP contribution in [0, 0.1) is 0 Å². The first-order valence-electron chi connectivity index (χ1n) is 28.5. The van der Waals surface area contributed by atoms with Crippen molar-refractivity contribution in [2.75, 3.05) is 9.80 Å². The lowest BCUT2D eigenvalue weighted by Crippen LogP contribution is -2.62. The van der Waals surface area contributed by atoms with Crippen LogP contribution in [0.2, 0.25) is 0 Å². The van der Waals surface area contributed by atoms with Gasteiger partial charge in [-0.25, -0.2) is 0 Å². The second-order valence-corrected chi connectivity index (χ2v) is 23.5. The molecule has 0 N–H and O–H groups in total. The third-order valence-electron chi connectivity index (χ3n) is 18.3. The molecular weight excluding hydrogens is 978 g/mol. The Kier molecular flexibility index (Phi) is 9.70. The highest BCUT2D eigenvalue weighted by Gasteiger charge is 2.55. The van der Waals surface area contributed by atoms with Gasteiger partial charge in [-0.3, -0.25) is 0 Å². The molecule has 380 valence electrons. The van der Waals surface area contributed by atoms with Crippen LogP contribution in [0.5, 0.6) is 0 Å². The third kappa shape index (κ3) is 6.30. The van der Waals surface area contributed by atoms with Crippen molar-refractivity contribution in [3.05, 3.63) is 301 Å². The molecular formula is C77H54BN3. The fourth-order valence-electron chi connectivity index (χ4n) is 15.0. The summed E-state index contributed by atoms with van der Waals surface area (Å²) in [6.07, 6.45) is 0. The Bertz CT molecular complexity index is 4670. The molecule has 0 saturated heterocycles. The normalized spacial score (nSPS) is 13.9. The van der Waals surface area contributed by atoms with E-state index in [-0.39, 0.29) is 12.1 Å². The minimum absolute atomic E-state index is 0.174. The Hall–Kier alpha value is -9.90. The number of aromatic nitrogens is 1. The molecule has 0 unspecified atom stereocenters. The maximum atomic E-state index is 2.66. The number of hydrogen-bond donors (Lipinski definition) is 0. The number of nitrogens with zero attached hydrogens (tertiary/aromatic N) is 3. The zero-order chi connectivity index (χ0) is 53.7. The van der Waals surface area contributed by atoms with E-state index >= 15 is 0 Å². The lowest BCUT2D eigenvalue weighted by molar-refractivity contribution is 0.590. The van der Waals surface area contributed by atoms with E-state index in [1.165, 1.54) is 133 Å². The second kappa shape index (κ2) is 17.1. The molecule has 0 fully saturated rings. The van der Waals surface area contributed by atoms with Crippen LogP contribution in [0.1, 0.15) is 48.6 Å². The maximum absolute atomic E-state index is 2.66. The summed E-state index contributed by atoms with van der Waals surface area (Å²) in [6, 6.07) is 103. The Morgan fingerprint density at radius 3 is 1.35 bits per heavy atom. The van der Waals surface area contributed by atoms with Gasteiger partial charge in [0, 0.05) is 50.3 Å². The molecule has 13 aromatic rings. The van der Waals surface area contributed by atoms with E-state index in [1.807, 2.05) is 0 Å². The molecule has 4 heteroatoms. The van der Waals surface area contributed by atoms with E-state index in [2.05, 4.69) is 308 Å². The van der Waals surface area contributed by atoms with E-state index in [9.17, 15) is 0 Å². The summed E-state index contributed by atoms with van der Waals surface area (Å²) in [5.74, 6) is 0. The Morgan fingerprint density at radius 2 is 0.790 bits per heavy atom. The van der Waals surface area contributed by atoms with Crippen molar-refractivity contribution < 1.29 is 0 Å². The van der Waals surface area contributed by atoms with Crippen molar-refractivity contribution in [3.63, 3.8) is 0 Å². The van der Waals surface area contributed by atoms with Gasteiger partial charge in [0.25, 0.3) is 6.71 Å². The summed E-state index contributed by atoms with van der Waals surface area (Å²) in [5, 5.41) is 2.49. The molecule has 0 saturated carbocycles. The van der Waals surface area contributed by atoms with Gasteiger partial charge in [-0.2, -0.15) is 0 Å². The summed E-state index contributed by atoms with van der Waals surface area (Å²) in [4.78, 5) is 5.30. The number of rotatable bonds is 5. The van der Waals surface area contributed by atoms with Crippen molar-refractivity contribution in [2.45, 2.75) is 31.6 Å². The summed E-state index contributed by atoms with van der Waals surface area (Å²) >= 11 is 0. The van der Waals surface area contributed by atoms with Gasteiger partial charge in [0.2, 0.25) is 0 Å². The molecule has 4 aliphatic rings. The monoisotopic (exact) mass is 1030 g/mol. The first kappa shape index (κ1) is 46.1. The van der Waals surface area contributed by atoms with Gasteiger partial charge in [-0.15, -0.1) is 0 Å². The van der Waals surface area contributed by atoms with Crippen LogP contribution >= 0.6 is 0 Å². The van der Waals surface area contributed by atoms with E-state index < -0.39 is 5.41 Å². The van der Waals surface area contributed by atoms with E-state index in [1.54, 1.807) is 0 Å². The SMILES string of the molecule is CC(C)(C)c1cc2c3c(c1)N(c1ccccc1-c1ccccc1)c1ccc4c(c1B3c1ccc(-n3c5ccccc5c5ccccc53)cc1N2c1ccccc1-c1ccccc1)-c1ccccc1C41c2ccccc2-c2ccccc21. The van der Waals surface area contributed by atoms with Crippen molar-refractivity contribution in [1.82, 2.24) is 4.57 Å². The van der Waals surface area contributed by atoms with Crippen LogP contribution in [-0.2, 0) is 10.8 Å². The van der Waals surface area contributed by atoms with Crippen LogP contribution < -0.4 is 26.2 Å². The van der Waals surface area contributed by atoms with Gasteiger partial charge in [0.15, 0.2) is 0 Å². The molecule has 3 nitrogen and oxygen atoms in total. The highest BCUT2D eigenvalue weighted by molar-refractivity contribution is 7.01. The van der Waals surface area contributed by atoms with Crippen molar-refractivity contribution in [2.24, 2.45) is 0 Å². The first-order chi connectivity index (χ1) is 39.9. The minimum Gasteiger partial charge on any atom is -0.311 e. The zero-order valence-corrected chi connectivity index (χ0v) is 45.4. The third-order valence-corrected chi connectivity index (χ3v) is 18.3. The summed E-state index contributed by atoms with van der Waals surface area (Å²) in [5.41, 5.74) is 30.3. The topological polar surface area (TPSA) is 11.4 Å². The predicted octanol–water partition coefficient (Wildman–Crippen LogP) is 17.8. The van der Waals surface area contributed by atoms with Crippen LogP contribution in [0.25, 0.3) is 72.0 Å². The second-order valence-electron chi connectivity index (χ2n) is 23.5. The molecule has 2 aliphatic heterocycles. The molecule has 81 heavy (non-hydrogen) atoms. The number of hydrogen-bond acceptors (Lipinski definition) is 2. The standard InChI is InChI=1S/C77H54BN3/c1-76(2,3)51-46-71-74-72(47-51)81(66-39-21-14-29-54(66)50-26-8-5-9-27-50)70-48-52(79-67-40-22-15-32-57(67)58-33-16-23-41-68(58)79)42-44-64(70)78(74)75-69(80(71)65-38-20-13-28-53(65)49-24-6-4-7-25-49)45-43-63-73(75)59-34-12-19-37-62(59)77(63)60-35-17-10-30-55(60)56-31-11-18-36-61(56)77/h4-48H,1-3H3. The van der Waals surface area contributed by atoms with E-state index in [4.69, 9.17) is 0 Å². The fourth-order valence-corrected chi connectivity index (χ4v) is 15.0. The molecule has 0 amide bonds. The maximum Gasteiger partial charge on any atom is 0.252 e. The van der Waals surface area contributed by atoms with Gasteiger partial charge < -0.3 is 14.4 Å². The predicted molar refractivity (Wildman–Crippen MR) is 341 cm³/mol. The number of para-hydroxylation sites is 4. The Labute approximate surface area is 473 Å². The lowest BCUT2D eigenvalue weighted by atomic mass is 9.32. The number of fused-ring (bicyclic) bond motifs is 18. The van der Waals surface area contributed by atoms with Crippen LogP contribution in [0.15, 0.2) is 273 Å². The summed E-state index contributed by atoms with van der Waals surface area (Å²) in [7, 11) is 0. The molecule has 0 radical (unpaired) electrons. The zero-order valence-electron chi connectivity index (χ0n) is 45.4. The van der Waals surface area contributed by atoms with Crippen molar-refractivity contribution in [1.29, 1.82) is 0 Å². The van der Waals surface area contributed by atoms with Gasteiger partial charge >= 0.3 is 0 Å². The van der Waals surface area contributed by atoms with E-state index in [0.717, 1.165) is 17.1 Å². The average molecular weight is 1030 g/mol. The largest absolute Gasteiger partial charge is 0.311 e. The fraction of sp³-hybridized carbons (Fsp3) is 0.0649. The molecule has 2 aliphatic carbocycles. The lowest BCUT2D eigenvalue weighted by Gasteiger charge is -2.46. The van der Waals surface area contributed by atoms with Crippen LogP contribution in [0.3, 0.4) is 0 Å². The number of benzene rings is 12. The van der Waals surface area contributed by atoms with Crippen molar-refractivity contribution >= 4 is 79.0 Å². The molecule has 0 bridgehead atoms. The summed E-state index contributed by atoms with van der Waals surface area (Å²) < 4.78 is 2.49. The molecule has 3 heterocycles. The highest BCUT2D eigenvalue weighted by Crippen LogP contribution is 2.64. The number of anilines is 6. The smallest absolute Gasteiger partial charge is 0.252 e. The first-order valence-corrected chi connectivity index (χ1v) is 28.5. The Balaban J connectivity index is 1.05. The Morgan fingerprint density at radius 1 is 0.333 bits per heavy atom. The molecule has 1 aromatic heterocycles. The van der Waals surface area contributed by atoms with Crippen LogP contribution in [0.4, 0.5) is 34.1 Å². The average Bonchev–Trinajstić information content (AvgIpc) is 3.49. The van der Waals surface area contributed by atoms with Gasteiger partial charge in [-0.1, -0.05) is 239 Å².